The number of para-hydroxylation sites is 1. The van der Waals surface area contributed by atoms with Crippen LogP contribution in [0.2, 0.25) is 0 Å². The zero-order valence-electron chi connectivity index (χ0n) is 12.0. The third-order valence-corrected chi connectivity index (χ3v) is 3.84. The number of benzene rings is 1. The molecule has 1 aromatic carbocycles. The van der Waals surface area contributed by atoms with Crippen LogP contribution in [0.4, 0.5) is 5.69 Å². The number of nitrogens with two attached hydrogens (primary N) is 1. The minimum Gasteiger partial charge on any atom is -0.311 e. The molecule has 1 heterocycles. The fourth-order valence-corrected chi connectivity index (χ4v) is 2.65. The molecular formula is C15H21N3O2. The van der Waals surface area contributed by atoms with Gasteiger partial charge in [0.2, 0.25) is 11.8 Å². The number of rotatable bonds is 5. The van der Waals surface area contributed by atoms with Crippen LogP contribution in [0.1, 0.15) is 38.7 Å². The van der Waals surface area contributed by atoms with E-state index in [0.29, 0.717) is 13.0 Å². The number of unbranched alkanes of at least 4 members (excludes halogenated alkanes) is 1. The third-order valence-electron chi connectivity index (χ3n) is 3.84. The van der Waals surface area contributed by atoms with E-state index in [1.54, 1.807) is 0 Å². The molecule has 0 bridgehead atoms. The first-order chi connectivity index (χ1) is 9.48. The Morgan fingerprint density at radius 3 is 2.70 bits per heavy atom. The smallest absolute Gasteiger partial charge is 0.237 e. The van der Waals surface area contributed by atoms with Gasteiger partial charge in [0, 0.05) is 18.7 Å². The van der Waals surface area contributed by atoms with Gasteiger partial charge in [-0.05, 0) is 38.3 Å². The average molecular weight is 275 g/mol. The molecule has 0 atom stereocenters. The van der Waals surface area contributed by atoms with Crippen LogP contribution in [0.15, 0.2) is 24.3 Å². The van der Waals surface area contributed by atoms with E-state index in [0.717, 1.165) is 24.1 Å². The number of carbonyl (C=O) groups excluding carboxylic acids is 2. The lowest BCUT2D eigenvalue weighted by Crippen LogP contribution is -2.36. The molecular weight excluding hydrogens is 254 g/mol. The zero-order valence-corrected chi connectivity index (χ0v) is 12.0. The molecule has 20 heavy (non-hydrogen) atoms. The number of anilines is 1. The number of hydrazine groups is 1. The Labute approximate surface area is 119 Å². The van der Waals surface area contributed by atoms with Crippen LogP contribution in [-0.4, -0.2) is 18.4 Å². The first kappa shape index (κ1) is 14.5. The minimum atomic E-state index is -0.467. The molecule has 5 heteroatoms. The van der Waals surface area contributed by atoms with Crippen molar-refractivity contribution in [2.24, 2.45) is 5.84 Å². The number of hydrogen-bond donors (Lipinski definition) is 2. The Hall–Kier alpha value is -1.88. The van der Waals surface area contributed by atoms with Gasteiger partial charge in [0.05, 0.1) is 5.41 Å². The van der Waals surface area contributed by atoms with E-state index in [1.807, 2.05) is 43.0 Å². The predicted molar refractivity (Wildman–Crippen MR) is 78.0 cm³/mol. The lowest BCUT2D eigenvalue weighted by Gasteiger charge is -2.20. The van der Waals surface area contributed by atoms with Crippen LogP contribution in [0.3, 0.4) is 0 Å². The second-order valence-electron chi connectivity index (χ2n) is 5.62. The summed E-state index contributed by atoms with van der Waals surface area (Å²) in [6.45, 7) is 4.54. The molecule has 1 aliphatic rings. The van der Waals surface area contributed by atoms with Crippen molar-refractivity contribution in [3.63, 3.8) is 0 Å². The lowest BCUT2D eigenvalue weighted by molar-refractivity contribution is -0.122. The molecule has 1 aromatic rings. The van der Waals surface area contributed by atoms with Crippen molar-refractivity contribution in [1.82, 2.24) is 5.43 Å². The van der Waals surface area contributed by atoms with Gasteiger partial charge in [-0.3, -0.25) is 15.0 Å². The molecule has 1 aliphatic heterocycles. The summed E-state index contributed by atoms with van der Waals surface area (Å²) >= 11 is 0. The van der Waals surface area contributed by atoms with Crippen molar-refractivity contribution in [3.05, 3.63) is 29.8 Å². The molecule has 0 radical (unpaired) electrons. The summed E-state index contributed by atoms with van der Waals surface area (Å²) in [5.41, 5.74) is 3.71. The number of hydrogen-bond acceptors (Lipinski definition) is 3. The van der Waals surface area contributed by atoms with E-state index in [4.69, 9.17) is 5.84 Å². The summed E-state index contributed by atoms with van der Waals surface area (Å²) in [5.74, 6) is 4.99. The number of carbonyl (C=O) groups is 2. The summed E-state index contributed by atoms with van der Waals surface area (Å²) in [6.07, 6.45) is 1.89. The molecule has 3 N–H and O–H groups in total. The largest absolute Gasteiger partial charge is 0.311 e. The van der Waals surface area contributed by atoms with Crippen molar-refractivity contribution in [3.8, 4) is 0 Å². The highest BCUT2D eigenvalue weighted by Crippen LogP contribution is 2.41. The summed E-state index contributed by atoms with van der Waals surface area (Å²) in [5, 5.41) is 0. The van der Waals surface area contributed by atoms with Crippen molar-refractivity contribution >= 4 is 17.5 Å². The van der Waals surface area contributed by atoms with Gasteiger partial charge in [0.15, 0.2) is 0 Å². The summed E-state index contributed by atoms with van der Waals surface area (Å²) in [6, 6.07) is 7.90. The third kappa shape index (κ3) is 2.54. The predicted octanol–water partition coefficient (Wildman–Crippen LogP) is 1.47. The fourth-order valence-electron chi connectivity index (χ4n) is 2.65. The molecule has 0 saturated heterocycles. The van der Waals surface area contributed by atoms with E-state index in [9.17, 15) is 9.59 Å². The van der Waals surface area contributed by atoms with Gasteiger partial charge in [0.1, 0.15) is 0 Å². The standard InChI is InChI=1S/C15H21N3O2/c1-15(2)11-7-3-4-8-12(11)18(14(15)20)10-6-5-9-13(19)17-16/h3-4,7-8H,5-6,9-10,16H2,1-2H3,(H,17,19). The van der Waals surface area contributed by atoms with Crippen LogP contribution in [0.5, 0.6) is 0 Å². The van der Waals surface area contributed by atoms with Gasteiger partial charge < -0.3 is 4.90 Å². The summed E-state index contributed by atoms with van der Waals surface area (Å²) in [7, 11) is 0. The van der Waals surface area contributed by atoms with Gasteiger partial charge in [0.25, 0.3) is 0 Å². The molecule has 0 aliphatic carbocycles. The van der Waals surface area contributed by atoms with E-state index in [1.165, 1.54) is 0 Å². The average Bonchev–Trinajstić information content (AvgIpc) is 2.64. The SMILES string of the molecule is CC1(C)C(=O)N(CCCCC(=O)NN)c2ccccc21. The summed E-state index contributed by atoms with van der Waals surface area (Å²) in [4.78, 5) is 25.4. The fraction of sp³-hybridized carbons (Fsp3) is 0.467. The van der Waals surface area contributed by atoms with Gasteiger partial charge in [-0.2, -0.15) is 0 Å². The molecule has 0 aromatic heterocycles. The normalized spacial score (nSPS) is 16.1. The first-order valence-electron chi connectivity index (χ1n) is 6.89. The molecule has 0 unspecified atom stereocenters. The molecule has 2 rings (SSSR count). The quantitative estimate of drug-likeness (QED) is 0.370. The van der Waals surface area contributed by atoms with Crippen LogP contribution in [0.25, 0.3) is 0 Å². The highest BCUT2D eigenvalue weighted by molar-refractivity contribution is 6.07. The van der Waals surface area contributed by atoms with Crippen LogP contribution >= 0.6 is 0 Å². The van der Waals surface area contributed by atoms with Gasteiger partial charge >= 0.3 is 0 Å². The first-order valence-corrected chi connectivity index (χ1v) is 6.89. The number of amides is 2. The minimum absolute atomic E-state index is 0.127. The number of fused-ring (bicyclic) bond motifs is 1. The molecule has 0 fully saturated rings. The second kappa shape index (κ2) is 5.63. The Kier molecular flexibility index (Phi) is 4.09. The van der Waals surface area contributed by atoms with Crippen molar-refractivity contribution < 1.29 is 9.59 Å². The molecule has 108 valence electrons. The van der Waals surface area contributed by atoms with E-state index in [-0.39, 0.29) is 11.8 Å². The van der Waals surface area contributed by atoms with Gasteiger partial charge in [-0.25, -0.2) is 5.84 Å². The maximum Gasteiger partial charge on any atom is 0.237 e. The highest BCUT2D eigenvalue weighted by Gasteiger charge is 2.43. The topological polar surface area (TPSA) is 75.4 Å². The lowest BCUT2D eigenvalue weighted by atomic mass is 9.86. The molecule has 5 nitrogen and oxygen atoms in total. The maximum atomic E-state index is 12.5. The summed E-state index contributed by atoms with van der Waals surface area (Å²) < 4.78 is 0. The van der Waals surface area contributed by atoms with Gasteiger partial charge in [-0.15, -0.1) is 0 Å². The van der Waals surface area contributed by atoms with E-state index < -0.39 is 5.41 Å². The second-order valence-corrected chi connectivity index (χ2v) is 5.62. The zero-order chi connectivity index (χ0) is 14.8. The van der Waals surface area contributed by atoms with E-state index in [2.05, 4.69) is 5.43 Å². The number of nitrogens with one attached hydrogen (secondary N) is 1. The molecule has 0 saturated carbocycles. The maximum absolute atomic E-state index is 12.5. The monoisotopic (exact) mass is 275 g/mol. The Bertz CT molecular complexity index is 526. The van der Waals surface area contributed by atoms with Crippen LogP contribution in [0, 0.1) is 0 Å². The van der Waals surface area contributed by atoms with Crippen LogP contribution in [-0.2, 0) is 15.0 Å². The Morgan fingerprint density at radius 2 is 2.00 bits per heavy atom. The van der Waals surface area contributed by atoms with Crippen LogP contribution < -0.4 is 16.2 Å². The van der Waals surface area contributed by atoms with Crippen molar-refractivity contribution in [1.29, 1.82) is 0 Å². The van der Waals surface area contributed by atoms with Crippen molar-refractivity contribution in [2.75, 3.05) is 11.4 Å². The van der Waals surface area contributed by atoms with Gasteiger partial charge in [-0.1, -0.05) is 18.2 Å². The Morgan fingerprint density at radius 1 is 1.30 bits per heavy atom. The van der Waals surface area contributed by atoms with Crippen molar-refractivity contribution in [2.45, 2.75) is 38.5 Å². The Balaban J connectivity index is 2.02. The number of nitrogens with zero attached hydrogens (tertiary/aromatic N) is 1. The van der Waals surface area contributed by atoms with E-state index >= 15 is 0 Å². The highest BCUT2D eigenvalue weighted by atomic mass is 16.2. The molecule has 2 amide bonds. The molecule has 0 spiro atoms.